The maximum absolute atomic E-state index is 11.5. The quantitative estimate of drug-likeness (QED) is 0.718. The van der Waals surface area contributed by atoms with E-state index in [2.05, 4.69) is 10.3 Å². The standard InChI is InChI=1S/C12H18N2O3/c1-10(11-4-3-5-13-8-11)14-12(15)9-17-7-6-16-2/h3-5,8,10H,6-7,9H2,1-2H3,(H,14,15)/t10-/m1/s1. The Morgan fingerprint density at radius 1 is 1.53 bits per heavy atom. The summed E-state index contributed by atoms with van der Waals surface area (Å²) in [5.41, 5.74) is 0.970. The first-order valence-electron chi connectivity index (χ1n) is 5.50. The summed E-state index contributed by atoms with van der Waals surface area (Å²) in [7, 11) is 1.59. The van der Waals surface area contributed by atoms with E-state index in [4.69, 9.17) is 9.47 Å². The Morgan fingerprint density at radius 2 is 2.35 bits per heavy atom. The second kappa shape index (κ2) is 7.76. The number of nitrogens with one attached hydrogen (secondary N) is 1. The van der Waals surface area contributed by atoms with Crippen LogP contribution in [-0.4, -0.2) is 37.8 Å². The Kier molecular flexibility index (Phi) is 6.21. The summed E-state index contributed by atoms with van der Waals surface area (Å²) in [5.74, 6) is -0.141. The van der Waals surface area contributed by atoms with E-state index in [1.54, 1.807) is 19.5 Å². The predicted molar refractivity (Wildman–Crippen MR) is 63.5 cm³/mol. The Morgan fingerprint density at radius 3 is 3.00 bits per heavy atom. The molecule has 1 N–H and O–H groups in total. The molecule has 5 nitrogen and oxygen atoms in total. The number of rotatable bonds is 7. The van der Waals surface area contributed by atoms with Gasteiger partial charge in [0, 0.05) is 19.5 Å². The van der Waals surface area contributed by atoms with Crippen LogP contribution in [0.25, 0.3) is 0 Å². The second-order valence-electron chi connectivity index (χ2n) is 3.62. The Bertz CT molecular complexity index is 330. The van der Waals surface area contributed by atoms with Gasteiger partial charge >= 0.3 is 0 Å². The van der Waals surface area contributed by atoms with E-state index in [1.807, 2.05) is 19.1 Å². The van der Waals surface area contributed by atoms with Crippen molar-refractivity contribution in [3.05, 3.63) is 30.1 Å². The fraction of sp³-hybridized carbons (Fsp3) is 0.500. The highest BCUT2D eigenvalue weighted by Gasteiger charge is 2.09. The van der Waals surface area contributed by atoms with E-state index in [1.165, 1.54) is 0 Å². The molecule has 0 aromatic carbocycles. The monoisotopic (exact) mass is 238 g/mol. The molecule has 0 unspecified atom stereocenters. The predicted octanol–water partition coefficient (Wildman–Crippen LogP) is 0.922. The maximum Gasteiger partial charge on any atom is 0.246 e. The van der Waals surface area contributed by atoms with Crippen molar-refractivity contribution in [3.8, 4) is 0 Å². The fourth-order valence-corrected chi connectivity index (χ4v) is 1.31. The molecule has 1 heterocycles. The van der Waals surface area contributed by atoms with E-state index >= 15 is 0 Å². The van der Waals surface area contributed by atoms with Crippen LogP contribution in [-0.2, 0) is 14.3 Å². The summed E-state index contributed by atoms with van der Waals surface area (Å²) in [5, 5.41) is 2.83. The van der Waals surface area contributed by atoms with Gasteiger partial charge in [0.2, 0.25) is 5.91 Å². The van der Waals surface area contributed by atoms with Crippen LogP contribution in [0.4, 0.5) is 0 Å². The molecule has 0 aliphatic carbocycles. The number of hydrogen-bond donors (Lipinski definition) is 1. The summed E-state index contributed by atoms with van der Waals surface area (Å²) in [6, 6.07) is 3.69. The number of pyridine rings is 1. The fourth-order valence-electron chi connectivity index (χ4n) is 1.31. The molecule has 1 aromatic heterocycles. The van der Waals surface area contributed by atoms with E-state index in [-0.39, 0.29) is 18.6 Å². The minimum Gasteiger partial charge on any atom is -0.382 e. The van der Waals surface area contributed by atoms with Crippen molar-refractivity contribution in [1.29, 1.82) is 0 Å². The lowest BCUT2D eigenvalue weighted by Crippen LogP contribution is -2.30. The molecule has 0 radical (unpaired) electrons. The summed E-state index contributed by atoms with van der Waals surface area (Å²) < 4.78 is 9.93. The molecule has 1 rings (SSSR count). The summed E-state index contributed by atoms with van der Waals surface area (Å²) in [6.07, 6.45) is 3.43. The molecule has 5 heteroatoms. The number of methoxy groups -OCH3 is 1. The van der Waals surface area contributed by atoms with Gasteiger partial charge in [-0.05, 0) is 18.6 Å². The number of amides is 1. The lowest BCUT2D eigenvalue weighted by atomic mass is 10.1. The highest BCUT2D eigenvalue weighted by atomic mass is 16.5. The zero-order chi connectivity index (χ0) is 12.5. The topological polar surface area (TPSA) is 60.5 Å². The molecule has 0 fully saturated rings. The van der Waals surface area contributed by atoms with Gasteiger partial charge in [-0.15, -0.1) is 0 Å². The zero-order valence-corrected chi connectivity index (χ0v) is 10.2. The lowest BCUT2D eigenvalue weighted by Gasteiger charge is -2.13. The Labute approximate surface area is 101 Å². The van der Waals surface area contributed by atoms with Gasteiger partial charge in [-0.3, -0.25) is 9.78 Å². The molecule has 1 aromatic rings. The third kappa shape index (κ3) is 5.42. The average molecular weight is 238 g/mol. The molecule has 1 atom stereocenters. The highest BCUT2D eigenvalue weighted by molar-refractivity contribution is 5.77. The van der Waals surface area contributed by atoms with Gasteiger partial charge in [-0.1, -0.05) is 6.07 Å². The van der Waals surface area contributed by atoms with Crippen LogP contribution >= 0.6 is 0 Å². The second-order valence-corrected chi connectivity index (χ2v) is 3.62. The zero-order valence-electron chi connectivity index (χ0n) is 10.2. The molecule has 17 heavy (non-hydrogen) atoms. The van der Waals surface area contributed by atoms with Crippen LogP contribution in [0.15, 0.2) is 24.5 Å². The minimum atomic E-state index is -0.141. The first-order chi connectivity index (χ1) is 8.24. The van der Waals surface area contributed by atoms with E-state index < -0.39 is 0 Å². The molecular formula is C12H18N2O3. The van der Waals surface area contributed by atoms with Gasteiger partial charge in [-0.2, -0.15) is 0 Å². The minimum absolute atomic E-state index is 0.0496. The van der Waals surface area contributed by atoms with Crippen molar-refractivity contribution in [1.82, 2.24) is 10.3 Å². The van der Waals surface area contributed by atoms with Gasteiger partial charge in [0.05, 0.1) is 19.3 Å². The van der Waals surface area contributed by atoms with Crippen LogP contribution in [0.1, 0.15) is 18.5 Å². The van der Waals surface area contributed by atoms with Crippen LogP contribution in [0.2, 0.25) is 0 Å². The third-order valence-corrected chi connectivity index (χ3v) is 2.23. The van der Waals surface area contributed by atoms with Gasteiger partial charge in [0.1, 0.15) is 6.61 Å². The van der Waals surface area contributed by atoms with Gasteiger partial charge in [0.15, 0.2) is 0 Å². The average Bonchev–Trinajstić information content (AvgIpc) is 2.36. The molecule has 0 spiro atoms. The highest BCUT2D eigenvalue weighted by Crippen LogP contribution is 2.09. The van der Waals surface area contributed by atoms with E-state index in [9.17, 15) is 4.79 Å². The number of carbonyl (C=O) groups is 1. The van der Waals surface area contributed by atoms with E-state index in [0.717, 1.165) is 5.56 Å². The maximum atomic E-state index is 11.5. The van der Waals surface area contributed by atoms with Crippen molar-refractivity contribution < 1.29 is 14.3 Å². The van der Waals surface area contributed by atoms with E-state index in [0.29, 0.717) is 13.2 Å². The van der Waals surface area contributed by atoms with Gasteiger partial charge in [-0.25, -0.2) is 0 Å². The number of aromatic nitrogens is 1. The van der Waals surface area contributed by atoms with Gasteiger partial charge < -0.3 is 14.8 Å². The van der Waals surface area contributed by atoms with Crippen LogP contribution in [0.5, 0.6) is 0 Å². The number of ether oxygens (including phenoxy) is 2. The van der Waals surface area contributed by atoms with Crippen molar-refractivity contribution >= 4 is 5.91 Å². The molecule has 0 aliphatic heterocycles. The first kappa shape index (κ1) is 13.6. The van der Waals surface area contributed by atoms with Gasteiger partial charge in [0.25, 0.3) is 0 Å². The molecule has 94 valence electrons. The van der Waals surface area contributed by atoms with Crippen LogP contribution < -0.4 is 5.32 Å². The summed E-state index contributed by atoms with van der Waals surface area (Å²) in [6.45, 7) is 2.87. The van der Waals surface area contributed by atoms with Crippen LogP contribution in [0.3, 0.4) is 0 Å². The van der Waals surface area contributed by atoms with Crippen molar-refractivity contribution in [2.45, 2.75) is 13.0 Å². The number of hydrogen-bond acceptors (Lipinski definition) is 4. The van der Waals surface area contributed by atoms with Crippen molar-refractivity contribution in [2.75, 3.05) is 26.9 Å². The lowest BCUT2D eigenvalue weighted by molar-refractivity contribution is -0.126. The first-order valence-corrected chi connectivity index (χ1v) is 5.50. The van der Waals surface area contributed by atoms with Crippen molar-refractivity contribution in [2.24, 2.45) is 0 Å². The van der Waals surface area contributed by atoms with Crippen molar-refractivity contribution in [3.63, 3.8) is 0 Å². The molecule has 0 saturated heterocycles. The molecule has 0 aliphatic rings. The molecule has 0 bridgehead atoms. The summed E-state index contributed by atoms with van der Waals surface area (Å²) >= 11 is 0. The smallest absolute Gasteiger partial charge is 0.246 e. The Hall–Kier alpha value is -1.46. The largest absolute Gasteiger partial charge is 0.382 e. The third-order valence-electron chi connectivity index (χ3n) is 2.23. The molecule has 0 saturated carbocycles. The SMILES string of the molecule is COCCOCC(=O)N[C@H](C)c1cccnc1. The normalized spacial score (nSPS) is 12.1. The Balaban J connectivity index is 2.26. The van der Waals surface area contributed by atoms with Crippen LogP contribution in [0, 0.1) is 0 Å². The molecule has 1 amide bonds. The number of nitrogens with zero attached hydrogens (tertiary/aromatic N) is 1. The molecular weight excluding hydrogens is 220 g/mol. The summed E-state index contributed by atoms with van der Waals surface area (Å²) in [4.78, 5) is 15.5. The number of carbonyl (C=O) groups excluding carboxylic acids is 1.